The van der Waals surface area contributed by atoms with E-state index in [4.69, 9.17) is 9.15 Å². The number of carboxylic acids is 1. The SMILES string of the molecule is CCC(C)c1ccc2nc(-c3cc4cc(OC)ccc4o3)cc(C(=O)O)c2c1. The number of methoxy groups -OCH3 is 1. The fourth-order valence-corrected chi connectivity index (χ4v) is 3.36. The molecule has 4 aromatic rings. The van der Waals surface area contributed by atoms with E-state index in [0.29, 0.717) is 33.9 Å². The van der Waals surface area contributed by atoms with E-state index < -0.39 is 5.97 Å². The molecule has 0 radical (unpaired) electrons. The van der Waals surface area contributed by atoms with Crippen LogP contribution in [-0.2, 0) is 0 Å². The van der Waals surface area contributed by atoms with Crippen LogP contribution in [0.2, 0.25) is 0 Å². The zero-order valence-corrected chi connectivity index (χ0v) is 16.0. The van der Waals surface area contributed by atoms with Crippen molar-refractivity contribution in [3.63, 3.8) is 0 Å². The molecule has 0 fully saturated rings. The number of nitrogens with zero attached hydrogens (tertiary/aromatic N) is 1. The van der Waals surface area contributed by atoms with Gasteiger partial charge in [-0.05, 0) is 60.4 Å². The molecule has 2 aromatic carbocycles. The van der Waals surface area contributed by atoms with Gasteiger partial charge in [-0.15, -0.1) is 0 Å². The van der Waals surface area contributed by atoms with Crippen LogP contribution < -0.4 is 4.74 Å². The van der Waals surface area contributed by atoms with E-state index in [2.05, 4.69) is 18.8 Å². The van der Waals surface area contributed by atoms with Crippen molar-refractivity contribution in [2.45, 2.75) is 26.2 Å². The van der Waals surface area contributed by atoms with Gasteiger partial charge in [-0.2, -0.15) is 0 Å². The maximum Gasteiger partial charge on any atom is 0.336 e. The van der Waals surface area contributed by atoms with Crippen molar-refractivity contribution in [2.75, 3.05) is 7.11 Å². The van der Waals surface area contributed by atoms with Crippen molar-refractivity contribution >= 4 is 27.8 Å². The molecule has 0 saturated heterocycles. The molecule has 28 heavy (non-hydrogen) atoms. The Balaban J connectivity index is 1.89. The van der Waals surface area contributed by atoms with Gasteiger partial charge >= 0.3 is 5.97 Å². The number of furan rings is 1. The first-order valence-electron chi connectivity index (χ1n) is 9.26. The van der Waals surface area contributed by atoms with Gasteiger partial charge in [-0.3, -0.25) is 0 Å². The van der Waals surface area contributed by atoms with Gasteiger partial charge in [0.15, 0.2) is 5.76 Å². The topological polar surface area (TPSA) is 72.6 Å². The van der Waals surface area contributed by atoms with Gasteiger partial charge in [0.1, 0.15) is 17.0 Å². The van der Waals surface area contributed by atoms with Gasteiger partial charge in [0, 0.05) is 10.8 Å². The standard InChI is InChI=1S/C23H21NO4/c1-4-13(2)14-5-7-19-17(10-14)18(23(25)26)12-20(24-19)22-11-15-9-16(27-3)6-8-21(15)28-22/h5-13H,4H2,1-3H3,(H,25,26). The molecule has 0 aliphatic heterocycles. The highest BCUT2D eigenvalue weighted by Gasteiger charge is 2.17. The van der Waals surface area contributed by atoms with Crippen molar-refractivity contribution in [3.05, 3.63) is 59.7 Å². The van der Waals surface area contributed by atoms with Crippen LogP contribution in [-0.4, -0.2) is 23.2 Å². The molecular weight excluding hydrogens is 354 g/mol. The minimum Gasteiger partial charge on any atom is -0.497 e. The summed E-state index contributed by atoms with van der Waals surface area (Å²) >= 11 is 0. The Labute approximate surface area is 162 Å². The van der Waals surface area contributed by atoms with E-state index in [-0.39, 0.29) is 5.56 Å². The Kier molecular flexibility index (Phi) is 4.51. The quantitative estimate of drug-likeness (QED) is 0.472. The first-order chi connectivity index (χ1) is 13.5. The number of hydrogen-bond acceptors (Lipinski definition) is 4. The number of carboxylic acid groups (broad SMARTS) is 1. The van der Waals surface area contributed by atoms with Crippen LogP contribution in [0.25, 0.3) is 33.3 Å². The van der Waals surface area contributed by atoms with Crippen LogP contribution in [0.3, 0.4) is 0 Å². The minimum absolute atomic E-state index is 0.225. The van der Waals surface area contributed by atoms with E-state index in [1.807, 2.05) is 42.5 Å². The Bertz CT molecular complexity index is 1190. The molecule has 5 heteroatoms. The molecule has 1 N–H and O–H groups in total. The van der Waals surface area contributed by atoms with Crippen molar-refractivity contribution in [1.82, 2.24) is 4.98 Å². The summed E-state index contributed by atoms with van der Waals surface area (Å²) in [6.45, 7) is 4.25. The molecule has 2 heterocycles. The predicted octanol–water partition coefficient (Wildman–Crippen LogP) is 5.87. The minimum atomic E-state index is -0.979. The van der Waals surface area contributed by atoms with Gasteiger partial charge in [-0.1, -0.05) is 19.9 Å². The lowest BCUT2D eigenvalue weighted by Gasteiger charge is -2.11. The van der Waals surface area contributed by atoms with Crippen LogP contribution in [0.5, 0.6) is 5.75 Å². The van der Waals surface area contributed by atoms with Gasteiger partial charge < -0.3 is 14.3 Å². The van der Waals surface area contributed by atoms with Crippen LogP contribution in [0.15, 0.2) is 52.9 Å². The largest absolute Gasteiger partial charge is 0.497 e. The number of fused-ring (bicyclic) bond motifs is 2. The van der Waals surface area contributed by atoms with E-state index >= 15 is 0 Å². The van der Waals surface area contributed by atoms with Gasteiger partial charge in [0.25, 0.3) is 0 Å². The summed E-state index contributed by atoms with van der Waals surface area (Å²) in [7, 11) is 1.61. The zero-order valence-electron chi connectivity index (χ0n) is 16.0. The second-order valence-corrected chi connectivity index (χ2v) is 6.96. The number of aromatic nitrogens is 1. The van der Waals surface area contributed by atoms with Gasteiger partial charge in [0.2, 0.25) is 0 Å². The van der Waals surface area contributed by atoms with E-state index in [0.717, 1.165) is 23.1 Å². The molecule has 0 saturated carbocycles. The third-order valence-corrected chi connectivity index (χ3v) is 5.22. The lowest BCUT2D eigenvalue weighted by Crippen LogP contribution is -2.01. The average molecular weight is 375 g/mol. The Hall–Kier alpha value is -3.34. The number of pyridine rings is 1. The van der Waals surface area contributed by atoms with Crippen molar-refractivity contribution in [3.8, 4) is 17.2 Å². The molecule has 5 nitrogen and oxygen atoms in total. The number of benzene rings is 2. The van der Waals surface area contributed by atoms with Crippen LogP contribution in [0, 0.1) is 0 Å². The van der Waals surface area contributed by atoms with Crippen molar-refractivity contribution < 1.29 is 19.1 Å². The average Bonchev–Trinajstić information content (AvgIpc) is 3.15. The smallest absolute Gasteiger partial charge is 0.336 e. The normalized spacial score (nSPS) is 12.4. The summed E-state index contributed by atoms with van der Waals surface area (Å²) in [5.74, 6) is 0.637. The fraction of sp³-hybridized carbons (Fsp3) is 0.217. The molecule has 2 aromatic heterocycles. The summed E-state index contributed by atoms with van der Waals surface area (Å²) in [6, 6.07) is 14.8. The Morgan fingerprint density at radius 2 is 2.00 bits per heavy atom. The summed E-state index contributed by atoms with van der Waals surface area (Å²) in [4.78, 5) is 16.6. The molecule has 0 amide bonds. The molecule has 4 rings (SSSR count). The van der Waals surface area contributed by atoms with Gasteiger partial charge in [-0.25, -0.2) is 9.78 Å². The molecule has 0 spiro atoms. The monoisotopic (exact) mass is 375 g/mol. The zero-order chi connectivity index (χ0) is 19.8. The van der Waals surface area contributed by atoms with E-state index in [1.165, 1.54) is 0 Å². The van der Waals surface area contributed by atoms with Crippen LogP contribution in [0.4, 0.5) is 0 Å². The number of ether oxygens (including phenoxy) is 1. The number of rotatable bonds is 5. The highest BCUT2D eigenvalue weighted by Crippen LogP contribution is 2.32. The van der Waals surface area contributed by atoms with E-state index in [9.17, 15) is 9.90 Å². The molecular formula is C23H21NO4. The maximum atomic E-state index is 11.9. The lowest BCUT2D eigenvalue weighted by molar-refractivity contribution is 0.0699. The lowest BCUT2D eigenvalue weighted by atomic mass is 9.95. The summed E-state index contributed by atoms with van der Waals surface area (Å²) in [6.07, 6.45) is 0.988. The van der Waals surface area contributed by atoms with Crippen LogP contribution >= 0.6 is 0 Å². The Morgan fingerprint density at radius 1 is 1.18 bits per heavy atom. The first-order valence-corrected chi connectivity index (χ1v) is 9.26. The second-order valence-electron chi connectivity index (χ2n) is 6.96. The third-order valence-electron chi connectivity index (χ3n) is 5.22. The molecule has 0 bridgehead atoms. The highest BCUT2D eigenvalue weighted by molar-refractivity contribution is 6.04. The maximum absolute atomic E-state index is 11.9. The summed E-state index contributed by atoms with van der Waals surface area (Å²) in [5, 5.41) is 11.3. The fourth-order valence-electron chi connectivity index (χ4n) is 3.36. The molecule has 142 valence electrons. The van der Waals surface area contributed by atoms with Crippen molar-refractivity contribution in [1.29, 1.82) is 0 Å². The predicted molar refractivity (Wildman–Crippen MR) is 109 cm³/mol. The van der Waals surface area contributed by atoms with E-state index in [1.54, 1.807) is 13.2 Å². The second kappa shape index (κ2) is 7.00. The van der Waals surface area contributed by atoms with Crippen molar-refractivity contribution in [2.24, 2.45) is 0 Å². The molecule has 0 aliphatic rings. The molecule has 1 atom stereocenters. The summed E-state index contributed by atoms with van der Waals surface area (Å²) < 4.78 is 11.2. The number of aromatic carboxylic acids is 1. The van der Waals surface area contributed by atoms with Crippen LogP contribution in [0.1, 0.15) is 42.1 Å². The number of carbonyl (C=O) groups is 1. The Morgan fingerprint density at radius 3 is 2.71 bits per heavy atom. The molecule has 0 aliphatic carbocycles. The summed E-state index contributed by atoms with van der Waals surface area (Å²) in [5.41, 5.74) is 3.17. The third kappa shape index (κ3) is 3.09. The highest BCUT2D eigenvalue weighted by atomic mass is 16.5. The van der Waals surface area contributed by atoms with Gasteiger partial charge in [0.05, 0.1) is 18.2 Å². The molecule has 1 unspecified atom stereocenters. The number of hydrogen-bond donors (Lipinski definition) is 1. The first kappa shape index (κ1) is 18.0.